The average molecular weight is 438 g/mol. The van der Waals surface area contributed by atoms with Crippen LogP contribution in [-0.2, 0) is 13.2 Å². The second-order valence-electron chi connectivity index (χ2n) is 6.99. The van der Waals surface area contributed by atoms with Gasteiger partial charge in [-0.15, -0.1) is 0 Å². The number of benzene rings is 2. The highest BCUT2D eigenvalue weighted by atomic mass is 35.5. The van der Waals surface area contributed by atoms with Crippen molar-refractivity contribution in [1.82, 2.24) is 15.5 Å². The first-order valence-electron chi connectivity index (χ1n) is 10.1. The SMILES string of the molecule is CCOc1cc(CNCCN2CCNCC2)cc(Cl)c1OCc1ccccc1Cl. The fourth-order valence-corrected chi connectivity index (χ4v) is 3.77. The molecule has 0 spiro atoms. The third-order valence-electron chi connectivity index (χ3n) is 4.84. The fraction of sp³-hybridized carbons (Fsp3) is 0.455. The van der Waals surface area contributed by atoms with E-state index >= 15 is 0 Å². The summed E-state index contributed by atoms with van der Waals surface area (Å²) in [5.41, 5.74) is 1.98. The Morgan fingerprint density at radius 1 is 1.07 bits per heavy atom. The summed E-state index contributed by atoms with van der Waals surface area (Å²) in [5.74, 6) is 1.21. The zero-order valence-electron chi connectivity index (χ0n) is 16.8. The maximum absolute atomic E-state index is 6.53. The number of nitrogens with zero attached hydrogens (tertiary/aromatic N) is 1. The van der Waals surface area contributed by atoms with Gasteiger partial charge in [0, 0.05) is 56.4 Å². The van der Waals surface area contributed by atoms with Crippen LogP contribution < -0.4 is 20.1 Å². The molecule has 7 heteroatoms. The molecular formula is C22H29Cl2N3O2. The van der Waals surface area contributed by atoms with E-state index in [9.17, 15) is 0 Å². The van der Waals surface area contributed by atoms with Gasteiger partial charge < -0.3 is 20.1 Å². The molecular weight excluding hydrogens is 409 g/mol. The third-order valence-corrected chi connectivity index (χ3v) is 5.49. The Balaban J connectivity index is 1.58. The van der Waals surface area contributed by atoms with Crippen LogP contribution in [-0.4, -0.2) is 50.8 Å². The van der Waals surface area contributed by atoms with Crippen LogP contribution in [0.4, 0.5) is 0 Å². The van der Waals surface area contributed by atoms with Gasteiger partial charge >= 0.3 is 0 Å². The topological polar surface area (TPSA) is 45.8 Å². The molecule has 158 valence electrons. The molecule has 1 saturated heterocycles. The Morgan fingerprint density at radius 2 is 1.86 bits per heavy atom. The van der Waals surface area contributed by atoms with E-state index in [2.05, 4.69) is 15.5 Å². The summed E-state index contributed by atoms with van der Waals surface area (Å²) in [6.45, 7) is 9.91. The van der Waals surface area contributed by atoms with Crippen molar-refractivity contribution in [3.8, 4) is 11.5 Å². The molecule has 1 aliphatic heterocycles. The summed E-state index contributed by atoms with van der Waals surface area (Å²) < 4.78 is 11.8. The molecule has 2 aromatic carbocycles. The first-order valence-corrected chi connectivity index (χ1v) is 10.9. The molecule has 3 rings (SSSR count). The van der Waals surface area contributed by atoms with Crippen LogP contribution >= 0.6 is 23.2 Å². The smallest absolute Gasteiger partial charge is 0.180 e. The molecule has 29 heavy (non-hydrogen) atoms. The van der Waals surface area contributed by atoms with E-state index in [1.165, 1.54) is 0 Å². The summed E-state index contributed by atoms with van der Waals surface area (Å²) in [7, 11) is 0. The van der Waals surface area contributed by atoms with E-state index < -0.39 is 0 Å². The van der Waals surface area contributed by atoms with E-state index in [0.717, 1.165) is 56.9 Å². The van der Waals surface area contributed by atoms with Crippen molar-refractivity contribution in [2.24, 2.45) is 0 Å². The van der Waals surface area contributed by atoms with Crippen molar-refractivity contribution in [1.29, 1.82) is 0 Å². The van der Waals surface area contributed by atoms with E-state index in [0.29, 0.717) is 34.8 Å². The van der Waals surface area contributed by atoms with Crippen molar-refractivity contribution in [2.45, 2.75) is 20.1 Å². The van der Waals surface area contributed by atoms with Crippen LogP contribution in [0.3, 0.4) is 0 Å². The molecule has 0 bridgehead atoms. The zero-order chi connectivity index (χ0) is 20.5. The highest BCUT2D eigenvalue weighted by molar-refractivity contribution is 6.32. The van der Waals surface area contributed by atoms with Crippen LogP contribution in [0.25, 0.3) is 0 Å². The van der Waals surface area contributed by atoms with E-state index in [4.69, 9.17) is 32.7 Å². The predicted octanol–water partition coefficient (Wildman–Crippen LogP) is 3.97. The summed E-state index contributed by atoms with van der Waals surface area (Å²) in [5, 5.41) is 8.09. The van der Waals surface area contributed by atoms with Gasteiger partial charge in [-0.1, -0.05) is 41.4 Å². The molecule has 1 aliphatic rings. The minimum atomic E-state index is 0.335. The predicted molar refractivity (Wildman–Crippen MR) is 119 cm³/mol. The number of ether oxygens (including phenoxy) is 2. The standard InChI is InChI=1S/C22H29Cl2N3O2/c1-2-28-21-14-17(15-26-9-12-27-10-7-25-8-11-27)13-20(24)22(21)29-16-18-5-3-4-6-19(18)23/h3-6,13-14,25-26H,2,7-12,15-16H2,1H3. The van der Waals surface area contributed by atoms with Crippen molar-refractivity contribution in [3.63, 3.8) is 0 Å². The first kappa shape index (κ1) is 22.2. The molecule has 2 N–H and O–H groups in total. The Bertz CT molecular complexity index is 783. The third kappa shape index (κ3) is 6.76. The molecule has 0 aliphatic carbocycles. The Morgan fingerprint density at radius 3 is 2.62 bits per heavy atom. The molecule has 0 radical (unpaired) electrons. The number of piperazine rings is 1. The summed E-state index contributed by atoms with van der Waals surface area (Å²) in [6.07, 6.45) is 0. The lowest BCUT2D eigenvalue weighted by molar-refractivity contribution is 0.241. The summed E-state index contributed by atoms with van der Waals surface area (Å²) in [4.78, 5) is 2.47. The van der Waals surface area contributed by atoms with Gasteiger partial charge in [0.2, 0.25) is 0 Å². The first-order chi connectivity index (χ1) is 14.2. The number of hydrogen-bond acceptors (Lipinski definition) is 5. The van der Waals surface area contributed by atoms with Crippen molar-refractivity contribution < 1.29 is 9.47 Å². The maximum Gasteiger partial charge on any atom is 0.180 e. The maximum atomic E-state index is 6.53. The quantitative estimate of drug-likeness (QED) is 0.550. The fourth-order valence-electron chi connectivity index (χ4n) is 3.30. The van der Waals surface area contributed by atoms with E-state index in [1.54, 1.807) is 0 Å². The largest absolute Gasteiger partial charge is 0.490 e. The van der Waals surface area contributed by atoms with E-state index in [1.807, 2.05) is 43.3 Å². The molecule has 0 amide bonds. The van der Waals surface area contributed by atoms with Gasteiger partial charge in [0.15, 0.2) is 11.5 Å². The number of nitrogens with one attached hydrogen (secondary N) is 2. The Hall–Kier alpha value is -1.50. The zero-order valence-corrected chi connectivity index (χ0v) is 18.4. The van der Waals surface area contributed by atoms with Crippen molar-refractivity contribution in [2.75, 3.05) is 45.9 Å². The van der Waals surface area contributed by atoms with Gasteiger partial charge in [-0.3, -0.25) is 4.90 Å². The van der Waals surface area contributed by atoms with E-state index in [-0.39, 0.29) is 0 Å². The highest BCUT2D eigenvalue weighted by Gasteiger charge is 2.14. The molecule has 0 unspecified atom stereocenters. The van der Waals surface area contributed by atoms with Gasteiger partial charge in [-0.05, 0) is 30.7 Å². The van der Waals surface area contributed by atoms with Crippen LogP contribution in [0.15, 0.2) is 36.4 Å². The molecule has 0 saturated carbocycles. The normalized spacial score (nSPS) is 14.7. The van der Waals surface area contributed by atoms with Crippen LogP contribution in [0.5, 0.6) is 11.5 Å². The van der Waals surface area contributed by atoms with Crippen molar-refractivity contribution in [3.05, 3.63) is 57.6 Å². The lowest BCUT2D eigenvalue weighted by Gasteiger charge is -2.27. The number of hydrogen-bond donors (Lipinski definition) is 2. The van der Waals surface area contributed by atoms with Crippen LogP contribution in [0, 0.1) is 0 Å². The van der Waals surface area contributed by atoms with Gasteiger partial charge in [-0.25, -0.2) is 0 Å². The second kappa shape index (κ2) is 11.6. The molecule has 2 aromatic rings. The molecule has 1 heterocycles. The minimum absolute atomic E-state index is 0.335. The van der Waals surface area contributed by atoms with Crippen LogP contribution in [0.2, 0.25) is 10.0 Å². The van der Waals surface area contributed by atoms with Gasteiger partial charge in [0.05, 0.1) is 11.6 Å². The number of rotatable bonds is 10. The van der Waals surface area contributed by atoms with Gasteiger partial charge in [0.25, 0.3) is 0 Å². The molecule has 0 aromatic heterocycles. The molecule has 5 nitrogen and oxygen atoms in total. The highest BCUT2D eigenvalue weighted by Crippen LogP contribution is 2.37. The van der Waals surface area contributed by atoms with Gasteiger partial charge in [-0.2, -0.15) is 0 Å². The summed E-state index contributed by atoms with van der Waals surface area (Å²) in [6, 6.07) is 11.5. The second-order valence-corrected chi connectivity index (χ2v) is 7.80. The Kier molecular flexibility index (Phi) is 8.90. The monoisotopic (exact) mass is 437 g/mol. The number of halogens is 2. The van der Waals surface area contributed by atoms with Crippen molar-refractivity contribution >= 4 is 23.2 Å². The lowest BCUT2D eigenvalue weighted by atomic mass is 10.2. The summed E-state index contributed by atoms with van der Waals surface area (Å²) >= 11 is 12.8. The average Bonchev–Trinajstić information content (AvgIpc) is 2.73. The van der Waals surface area contributed by atoms with Gasteiger partial charge in [0.1, 0.15) is 6.61 Å². The molecule has 1 fully saturated rings. The minimum Gasteiger partial charge on any atom is -0.490 e. The Labute approximate surface area is 183 Å². The van der Waals surface area contributed by atoms with Crippen LogP contribution in [0.1, 0.15) is 18.1 Å². The lowest BCUT2D eigenvalue weighted by Crippen LogP contribution is -2.45. The molecule has 0 atom stereocenters.